The number of rotatable bonds is 5. The molecule has 2 N–H and O–H groups in total. The highest BCUT2D eigenvalue weighted by atomic mass is 32.2. The van der Waals surface area contributed by atoms with Crippen LogP contribution >= 0.6 is 0 Å². The van der Waals surface area contributed by atoms with Gasteiger partial charge in [-0.05, 0) is 30.5 Å². The van der Waals surface area contributed by atoms with Crippen LogP contribution in [-0.4, -0.2) is 41.7 Å². The predicted octanol–water partition coefficient (Wildman–Crippen LogP) is 1.51. The van der Waals surface area contributed by atoms with Crippen molar-refractivity contribution in [3.63, 3.8) is 0 Å². The number of aromatic amines is 1. The summed E-state index contributed by atoms with van der Waals surface area (Å²) in [7, 11) is -3.53. The Labute approximate surface area is 141 Å². The van der Waals surface area contributed by atoms with Gasteiger partial charge in [-0.25, -0.2) is 8.42 Å². The Bertz CT molecular complexity index is 796. The molecule has 3 rings (SSSR count). The zero-order chi connectivity index (χ0) is 17.0. The van der Waals surface area contributed by atoms with Crippen molar-refractivity contribution in [2.45, 2.75) is 30.7 Å². The molecule has 1 fully saturated rings. The van der Waals surface area contributed by atoms with E-state index in [1.54, 1.807) is 18.5 Å². The predicted molar refractivity (Wildman–Crippen MR) is 88.8 cm³/mol. The largest absolute Gasteiger partial charge is 0.356 e. The molecular formula is C16H20N4O3S. The molecule has 0 bridgehead atoms. The van der Waals surface area contributed by atoms with Gasteiger partial charge >= 0.3 is 0 Å². The summed E-state index contributed by atoms with van der Waals surface area (Å²) in [5.41, 5.74) is 1.10. The molecule has 2 aromatic rings. The minimum atomic E-state index is -3.53. The van der Waals surface area contributed by atoms with Crippen molar-refractivity contribution in [1.29, 1.82) is 0 Å². The Morgan fingerprint density at radius 3 is 2.79 bits per heavy atom. The molecule has 0 radical (unpaired) electrons. The van der Waals surface area contributed by atoms with Crippen LogP contribution in [0.3, 0.4) is 0 Å². The van der Waals surface area contributed by atoms with E-state index < -0.39 is 10.0 Å². The molecule has 128 valence electrons. The SMILES string of the molecule is O=C(NCc1cccnc1)c1cc(S(=O)(=O)N2CCCCC2)c[nH]1. The van der Waals surface area contributed by atoms with Crippen LogP contribution in [0.1, 0.15) is 35.3 Å². The Balaban J connectivity index is 1.67. The lowest BCUT2D eigenvalue weighted by Crippen LogP contribution is -2.35. The van der Waals surface area contributed by atoms with Gasteiger partial charge in [0.15, 0.2) is 0 Å². The van der Waals surface area contributed by atoms with Crippen molar-refractivity contribution in [3.8, 4) is 0 Å². The van der Waals surface area contributed by atoms with Gasteiger partial charge in [-0.3, -0.25) is 9.78 Å². The molecule has 1 aliphatic heterocycles. The van der Waals surface area contributed by atoms with E-state index in [4.69, 9.17) is 0 Å². The minimum Gasteiger partial charge on any atom is -0.356 e. The maximum absolute atomic E-state index is 12.6. The van der Waals surface area contributed by atoms with Gasteiger partial charge in [0.05, 0.1) is 0 Å². The molecule has 7 nitrogen and oxygen atoms in total. The fourth-order valence-corrected chi connectivity index (χ4v) is 4.20. The quantitative estimate of drug-likeness (QED) is 0.856. The number of nitrogens with zero attached hydrogens (tertiary/aromatic N) is 2. The Kier molecular flexibility index (Phi) is 4.96. The van der Waals surface area contributed by atoms with Gasteiger partial charge in [0.25, 0.3) is 5.91 Å². The van der Waals surface area contributed by atoms with E-state index in [9.17, 15) is 13.2 Å². The average Bonchev–Trinajstić information content (AvgIpc) is 3.12. The molecule has 0 unspecified atom stereocenters. The number of aromatic nitrogens is 2. The molecule has 1 saturated heterocycles. The number of carbonyl (C=O) groups excluding carboxylic acids is 1. The fourth-order valence-electron chi connectivity index (χ4n) is 2.69. The summed E-state index contributed by atoms with van der Waals surface area (Å²) in [5, 5.41) is 2.74. The lowest BCUT2D eigenvalue weighted by Gasteiger charge is -2.25. The van der Waals surface area contributed by atoms with E-state index in [1.807, 2.05) is 6.07 Å². The van der Waals surface area contributed by atoms with Crippen LogP contribution in [0.15, 0.2) is 41.7 Å². The van der Waals surface area contributed by atoms with E-state index >= 15 is 0 Å². The molecule has 0 spiro atoms. The third-order valence-electron chi connectivity index (χ3n) is 4.03. The van der Waals surface area contributed by atoms with E-state index in [0.717, 1.165) is 24.8 Å². The second kappa shape index (κ2) is 7.14. The minimum absolute atomic E-state index is 0.135. The highest BCUT2D eigenvalue weighted by Crippen LogP contribution is 2.21. The first-order valence-corrected chi connectivity index (χ1v) is 9.37. The standard InChI is InChI=1S/C16H20N4O3S/c21-16(19-11-13-5-4-6-17-10-13)15-9-14(12-18-15)24(22,23)20-7-2-1-3-8-20/h4-6,9-10,12,18H,1-3,7-8,11H2,(H,19,21). The van der Waals surface area contributed by atoms with Crippen LogP contribution in [0.4, 0.5) is 0 Å². The van der Waals surface area contributed by atoms with Crippen molar-refractivity contribution >= 4 is 15.9 Å². The van der Waals surface area contributed by atoms with Crippen molar-refractivity contribution in [1.82, 2.24) is 19.6 Å². The highest BCUT2D eigenvalue weighted by molar-refractivity contribution is 7.89. The number of sulfonamides is 1. The summed E-state index contributed by atoms with van der Waals surface area (Å²) >= 11 is 0. The molecule has 0 aromatic carbocycles. The Morgan fingerprint density at radius 2 is 2.08 bits per heavy atom. The smallest absolute Gasteiger partial charge is 0.268 e. The second-order valence-electron chi connectivity index (χ2n) is 5.76. The number of hydrogen-bond donors (Lipinski definition) is 2. The van der Waals surface area contributed by atoms with Crippen LogP contribution in [0, 0.1) is 0 Å². The summed E-state index contributed by atoms with van der Waals surface area (Å²) in [5.74, 6) is -0.348. The van der Waals surface area contributed by atoms with Gasteiger partial charge in [-0.15, -0.1) is 0 Å². The molecule has 0 atom stereocenters. The van der Waals surface area contributed by atoms with Gasteiger partial charge < -0.3 is 10.3 Å². The molecule has 2 aromatic heterocycles. The topological polar surface area (TPSA) is 95.2 Å². The van der Waals surface area contributed by atoms with Crippen LogP contribution in [0.5, 0.6) is 0 Å². The normalized spacial score (nSPS) is 16.0. The average molecular weight is 348 g/mol. The van der Waals surface area contributed by atoms with Crippen molar-refractivity contribution in [2.24, 2.45) is 0 Å². The number of H-pyrrole nitrogens is 1. The first kappa shape index (κ1) is 16.7. The lowest BCUT2D eigenvalue weighted by atomic mass is 10.2. The highest BCUT2D eigenvalue weighted by Gasteiger charge is 2.27. The third kappa shape index (κ3) is 3.65. The molecule has 1 aliphatic rings. The third-order valence-corrected chi connectivity index (χ3v) is 5.91. The summed E-state index contributed by atoms with van der Waals surface area (Å²) in [4.78, 5) is 19.0. The van der Waals surface area contributed by atoms with Crippen LogP contribution in [0.25, 0.3) is 0 Å². The van der Waals surface area contributed by atoms with E-state index in [1.165, 1.54) is 16.6 Å². The summed E-state index contributed by atoms with van der Waals surface area (Å²) in [6, 6.07) is 5.04. The number of amides is 1. The van der Waals surface area contributed by atoms with E-state index in [-0.39, 0.29) is 16.5 Å². The Morgan fingerprint density at radius 1 is 1.29 bits per heavy atom. The first-order valence-electron chi connectivity index (χ1n) is 7.93. The summed E-state index contributed by atoms with van der Waals surface area (Å²) in [6.45, 7) is 1.41. The van der Waals surface area contributed by atoms with Crippen molar-refractivity contribution < 1.29 is 13.2 Å². The van der Waals surface area contributed by atoms with Gasteiger partial charge in [-0.1, -0.05) is 12.5 Å². The first-order chi connectivity index (χ1) is 11.6. The molecule has 24 heavy (non-hydrogen) atoms. The molecule has 0 saturated carbocycles. The number of hydrogen-bond acceptors (Lipinski definition) is 4. The summed E-state index contributed by atoms with van der Waals surface area (Å²) < 4.78 is 26.6. The lowest BCUT2D eigenvalue weighted by molar-refractivity contribution is 0.0946. The Hall–Kier alpha value is -2.19. The second-order valence-corrected chi connectivity index (χ2v) is 7.70. The fraction of sp³-hybridized carbons (Fsp3) is 0.375. The zero-order valence-corrected chi connectivity index (χ0v) is 14.1. The zero-order valence-electron chi connectivity index (χ0n) is 13.2. The van der Waals surface area contributed by atoms with Gasteiger partial charge in [0, 0.05) is 38.2 Å². The van der Waals surface area contributed by atoms with Crippen molar-refractivity contribution in [3.05, 3.63) is 48.0 Å². The maximum Gasteiger partial charge on any atom is 0.268 e. The van der Waals surface area contributed by atoms with Gasteiger partial charge in [0.1, 0.15) is 10.6 Å². The molecule has 1 amide bonds. The molecular weight excluding hydrogens is 328 g/mol. The number of nitrogens with one attached hydrogen (secondary N) is 2. The van der Waals surface area contributed by atoms with Crippen LogP contribution in [0.2, 0.25) is 0 Å². The van der Waals surface area contributed by atoms with Crippen LogP contribution < -0.4 is 5.32 Å². The molecule has 3 heterocycles. The number of piperidine rings is 1. The van der Waals surface area contributed by atoms with Crippen LogP contribution in [-0.2, 0) is 16.6 Å². The number of carbonyl (C=O) groups is 1. The maximum atomic E-state index is 12.6. The van der Waals surface area contributed by atoms with Gasteiger partial charge in [0.2, 0.25) is 10.0 Å². The van der Waals surface area contributed by atoms with Crippen molar-refractivity contribution in [2.75, 3.05) is 13.1 Å². The summed E-state index contributed by atoms with van der Waals surface area (Å²) in [6.07, 6.45) is 7.52. The van der Waals surface area contributed by atoms with E-state index in [2.05, 4.69) is 15.3 Å². The molecule has 8 heteroatoms. The molecule has 0 aliphatic carbocycles. The van der Waals surface area contributed by atoms with E-state index in [0.29, 0.717) is 19.6 Å². The van der Waals surface area contributed by atoms with Gasteiger partial charge in [-0.2, -0.15) is 4.31 Å². The number of pyridine rings is 1. The monoisotopic (exact) mass is 348 g/mol.